The van der Waals surface area contributed by atoms with Crippen LogP contribution in [0, 0.1) is 6.92 Å². The first-order valence-electron chi connectivity index (χ1n) is 8.18. The first-order chi connectivity index (χ1) is 12.1. The number of carbonyl (C=O) groups is 1. The van der Waals surface area contributed by atoms with Gasteiger partial charge in [-0.2, -0.15) is 4.57 Å². The van der Waals surface area contributed by atoms with Crippen LogP contribution < -0.4 is 17.0 Å². The van der Waals surface area contributed by atoms with Crippen LogP contribution in [0.4, 0.5) is 0 Å². The Labute approximate surface area is 159 Å². The van der Waals surface area contributed by atoms with E-state index in [1.807, 2.05) is 36.5 Å². The molecule has 0 spiro atoms. The van der Waals surface area contributed by atoms with E-state index in [9.17, 15) is 4.79 Å². The molecule has 0 aliphatic heterocycles. The highest BCUT2D eigenvalue weighted by atomic mass is 35.5. The molecule has 0 saturated heterocycles. The Kier molecular flexibility index (Phi) is 6.70. The summed E-state index contributed by atoms with van der Waals surface area (Å²) in [5, 5.41) is 9.15. The summed E-state index contributed by atoms with van der Waals surface area (Å²) < 4.78 is 2.11. The number of nitrogens with zero attached hydrogens (tertiary/aromatic N) is 1. The molecule has 0 bridgehead atoms. The zero-order valence-electron chi connectivity index (χ0n) is 14.5. The molecule has 3 nitrogen and oxygen atoms in total. The molecule has 26 heavy (non-hydrogen) atoms. The van der Waals surface area contributed by atoms with Crippen LogP contribution >= 0.6 is 0 Å². The number of benzene rings is 2. The highest BCUT2D eigenvalue weighted by Crippen LogP contribution is 2.11. The Balaban J connectivity index is 0.00000243. The Morgan fingerprint density at radius 3 is 2.54 bits per heavy atom. The quantitative estimate of drug-likeness (QED) is 0.690. The maximum atomic E-state index is 11.1. The van der Waals surface area contributed by atoms with E-state index in [0.29, 0.717) is 12.1 Å². The third-order valence-electron chi connectivity index (χ3n) is 4.12. The number of pyridine rings is 1. The van der Waals surface area contributed by atoms with Crippen molar-refractivity contribution in [2.75, 3.05) is 0 Å². The maximum absolute atomic E-state index is 11.1. The predicted octanol–water partition coefficient (Wildman–Crippen LogP) is 1.20. The second kappa shape index (κ2) is 8.97. The van der Waals surface area contributed by atoms with E-state index in [1.165, 1.54) is 11.1 Å². The van der Waals surface area contributed by atoms with Crippen molar-refractivity contribution in [3.63, 3.8) is 0 Å². The summed E-state index contributed by atoms with van der Waals surface area (Å²) >= 11 is 0. The fourth-order valence-corrected chi connectivity index (χ4v) is 2.73. The molecule has 1 aromatic heterocycles. The van der Waals surface area contributed by atoms with Crippen LogP contribution in [0.15, 0.2) is 72.9 Å². The number of rotatable bonds is 5. The number of carboxylic acids is 1. The van der Waals surface area contributed by atoms with Crippen LogP contribution in [0.5, 0.6) is 0 Å². The van der Waals surface area contributed by atoms with Crippen LogP contribution in [0.1, 0.15) is 32.7 Å². The lowest BCUT2D eigenvalue weighted by atomic mass is 10.1. The molecule has 0 unspecified atom stereocenters. The fraction of sp³-hybridized carbons (Fsp3) is 0.0909. The fourth-order valence-electron chi connectivity index (χ4n) is 2.73. The molecule has 0 amide bonds. The topological polar surface area (TPSA) is 41.2 Å². The van der Waals surface area contributed by atoms with E-state index in [-0.39, 0.29) is 12.4 Å². The first kappa shape index (κ1) is 19.4. The molecule has 0 fully saturated rings. The van der Waals surface area contributed by atoms with Gasteiger partial charge in [0, 0.05) is 23.8 Å². The van der Waals surface area contributed by atoms with Crippen molar-refractivity contribution in [2.24, 2.45) is 0 Å². The predicted molar refractivity (Wildman–Crippen MR) is 99.2 cm³/mol. The molecular formula is C22H20ClNO2. The monoisotopic (exact) mass is 365 g/mol. The van der Waals surface area contributed by atoms with Crippen molar-refractivity contribution < 1.29 is 26.9 Å². The van der Waals surface area contributed by atoms with Gasteiger partial charge in [-0.05, 0) is 42.3 Å². The zero-order chi connectivity index (χ0) is 17.6. The lowest BCUT2D eigenvalue weighted by molar-refractivity contribution is -0.690. The SMILES string of the molecule is Cc1ccccc1/C=C/c1cccc[n+]1Cc1cccc(C(=O)O)c1.[Cl-]. The average molecular weight is 366 g/mol. The van der Waals surface area contributed by atoms with Crippen LogP contribution in [0.25, 0.3) is 12.2 Å². The summed E-state index contributed by atoms with van der Waals surface area (Å²) in [7, 11) is 0. The summed E-state index contributed by atoms with van der Waals surface area (Å²) in [5.41, 5.74) is 4.75. The van der Waals surface area contributed by atoms with E-state index in [4.69, 9.17) is 5.11 Å². The van der Waals surface area contributed by atoms with Gasteiger partial charge in [0.25, 0.3) is 0 Å². The van der Waals surface area contributed by atoms with E-state index < -0.39 is 5.97 Å². The standard InChI is InChI=1S/C22H19NO2.ClH/c1-17-7-2-3-9-19(17)12-13-21-11-4-5-14-23(21)16-18-8-6-10-20(15-18)22(24)25;/h2-15H,16H2,1H3;1H/b13-12+;. The summed E-state index contributed by atoms with van der Waals surface area (Å²) in [4.78, 5) is 11.1. The minimum absolute atomic E-state index is 0. The third-order valence-corrected chi connectivity index (χ3v) is 4.12. The van der Waals surface area contributed by atoms with Crippen molar-refractivity contribution in [1.82, 2.24) is 0 Å². The van der Waals surface area contributed by atoms with Gasteiger partial charge in [0.2, 0.25) is 5.69 Å². The molecule has 0 aliphatic rings. The van der Waals surface area contributed by atoms with Crippen LogP contribution in [-0.4, -0.2) is 11.1 Å². The molecule has 0 radical (unpaired) electrons. The first-order valence-corrected chi connectivity index (χ1v) is 8.18. The zero-order valence-corrected chi connectivity index (χ0v) is 15.2. The molecule has 1 N–H and O–H groups in total. The molecular weight excluding hydrogens is 346 g/mol. The van der Waals surface area contributed by atoms with Crippen molar-refractivity contribution in [3.8, 4) is 0 Å². The number of halogens is 1. The van der Waals surface area contributed by atoms with Crippen molar-refractivity contribution >= 4 is 18.1 Å². The smallest absolute Gasteiger partial charge is 0.335 e. The molecule has 4 heteroatoms. The van der Waals surface area contributed by atoms with Crippen molar-refractivity contribution in [2.45, 2.75) is 13.5 Å². The highest BCUT2D eigenvalue weighted by Gasteiger charge is 2.10. The Morgan fingerprint density at radius 2 is 1.77 bits per heavy atom. The summed E-state index contributed by atoms with van der Waals surface area (Å²) in [6.45, 7) is 2.71. The molecule has 0 atom stereocenters. The summed E-state index contributed by atoms with van der Waals surface area (Å²) in [5.74, 6) is -0.903. The van der Waals surface area contributed by atoms with Gasteiger partial charge in [-0.15, -0.1) is 0 Å². The Hall–Kier alpha value is -2.91. The second-order valence-corrected chi connectivity index (χ2v) is 5.95. The number of aromatic nitrogens is 1. The van der Waals surface area contributed by atoms with Gasteiger partial charge in [0.05, 0.1) is 5.56 Å². The number of aryl methyl sites for hydroxylation is 1. The van der Waals surface area contributed by atoms with E-state index >= 15 is 0 Å². The molecule has 0 aliphatic carbocycles. The van der Waals surface area contributed by atoms with Gasteiger partial charge < -0.3 is 17.5 Å². The number of carboxylic acid groups (broad SMARTS) is 1. The van der Waals surface area contributed by atoms with Gasteiger partial charge in [0.15, 0.2) is 12.7 Å². The van der Waals surface area contributed by atoms with Gasteiger partial charge >= 0.3 is 5.97 Å². The largest absolute Gasteiger partial charge is 1.00 e. The lowest BCUT2D eigenvalue weighted by Gasteiger charge is -2.03. The number of aromatic carboxylic acids is 1. The van der Waals surface area contributed by atoms with Gasteiger partial charge in [0.1, 0.15) is 0 Å². The Bertz CT molecular complexity index is 935. The molecule has 0 saturated carbocycles. The van der Waals surface area contributed by atoms with Crippen molar-refractivity contribution in [3.05, 3.63) is 101 Å². The molecule has 2 aromatic carbocycles. The molecule has 132 valence electrons. The molecule has 1 heterocycles. The van der Waals surface area contributed by atoms with E-state index in [1.54, 1.807) is 18.2 Å². The normalized spacial score (nSPS) is 10.5. The van der Waals surface area contributed by atoms with E-state index in [2.05, 4.69) is 41.8 Å². The average Bonchev–Trinajstić information content (AvgIpc) is 2.62. The van der Waals surface area contributed by atoms with Gasteiger partial charge in [-0.3, -0.25) is 0 Å². The summed E-state index contributed by atoms with van der Waals surface area (Å²) in [6, 6.07) is 21.3. The minimum atomic E-state index is -0.903. The van der Waals surface area contributed by atoms with Crippen molar-refractivity contribution in [1.29, 1.82) is 0 Å². The number of hydrogen-bond acceptors (Lipinski definition) is 1. The van der Waals surface area contributed by atoms with Gasteiger partial charge in [-0.1, -0.05) is 36.4 Å². The summed E-state index contributed by atoms with van der Waals surface area (Å²) in [6.07, 6.45) is 6.20. The molecule has 3 rings (SSSR count). The van der Waals surface area contributed by atoms with Crippen LogP contribution in [-0.2, 0) is 6.54 Å². The third kappa shape index (κ3) is 4.80. The molecule has 3 aromatic rings. The highest BCUT2D eigenvalue weighted by molar-refractivity contribution is 5.87. The Morgan fingerprint density at radius 1 is 1.00 bits per heavy atom. The second-order valence-electron chi connectivity index (χ2n) is 5.95. The van der Waals surface area contributed by atoms with Crippen LogP contribution in [0.2, 0.25) is 0 Å². The van der Waals surface area contributed by atoms with Gasteiger partial charge in [-0.25, -0.2) is 4.79 Å². The van der Waals surface area contributed by atoms with Crippen LogP contribution in [0.3, 0.4) is 0 Å². The number of hydrogen-bond donors (Lipinski definition) is 1. The lowest BCUT2D eigenvalue weighted by Crippen LogP contribution is -3.00. The minimum Gasteiger partial charge on any atom is -1.00 e. The van der Waals surface area contributed by atoms with E-state index in [0.717, 1.165) is 11.3 Å². The maximum Gasteiger partial charge on any atom is 0.335 e.